The summed E-state index contributed by atoms with van der Waals surface area (Å²) < 4.78 is 10.8. The SMILES string of the molecule is CCNC(C)c1nnc(N(CCOC)C(C)C)o1. The van der Waals surface area contributed by atoms with Gasteiger partial charge in [-0.15, -0.1) is 5.10 Å². The van der Waals surface area contributed by atoms with Crippen LogP contribution in [0.1, 0.15) is 39.6 Å². The van der Waals surface area contributed by atoms with Crippen LogP contribution in [-0.2, 0) is 4.74 Å². The first-order chi connectivity index (χ1) is 8.60. The second kappa shape index (κ2) is 7.33. The highest BCUT2D eigenvalue weighted by molar-refractivity contribution is 5.25. The summed E-state index contributed by atoms with van der Waals surface area (Å²) >= 11 is 0. The molecule has 1 rings (SSSR count). The van der Waals surface area contributed by atoms with Crippen LogP contribution in [0.4, 0.5) is 6.01 Å². The molecule has 0 fully saturated rings. The molecule has 1 aromatic rings. The van der Waals surface area contributed by atoms with Gasteiger partial charge in [-0.05, 0) is 27.3 Å². The fraction of sp³-hybridized carbons (Fsp3) is 0.833. The predicted molar refractivity (Wildman–Crippen MR) is 70.7 cm³/mol. The standard InChI is InChI=1S/C12H24N4O2/c1-6-13-10(4)11-14-15-12(18-11)16(9(2)3)7-8-17-5/h9-10,13H,6-8H2,1-5H3. The molecule has 1 aromatic heterocycles. The molecule has 104 valence electrons. The van der Waals surface area contributed by atoms with Crippen molar-refractivity contribution in [2.75, 3.05) is 31.7 Å². The Hall–Kier alpha value is -1.14. The average Bonchev–Trinajstić information content (AvgIpc) is 2.79. The van der Waals surface area contributed by atoms with Crippen LogP contribution in [0.15, 0.2) is 4.42 Å². The molecule has 0 aliphatic rings. The van der Waals surface area contributed by atoms with E-state index in [1.165, 1.54) is 0 Å². The van der Waals surface area contributed by atoms with Crippen LogP contribution in [0, 0.1) is 0 Å². The molecule has 0 saturated carbocycles. The first kappa shape index (κ1) is 14.9. The van der Waals surface area contributed by atoms with Crippen LogP contribution in [0.25, 0.3) is 0 Å². The van der Waals surface area contributed by atoms with Gasteiger partial charge in [-0.1, -0.05) is 12.0 Å². The summed E-state index contributed by atoms with van der Waals surface area (Å²) in [6.07, 6.45) is 0. The van der Waals surface area contributed by atoms with Crippen LogP contribution >= 0.6 is 0 Å². The number of nitrogens with one attached hydrogen (secondary N) is 1. The Labute approximate surface area is 109 Å². The third kappa shape index (κ3) is 3.96. The minimum atomic E-state index is 0.0766. The molecule has 0 saturated heterocycles. The van der Waals surface area contributed by atoms with E-state index in [1.807, 2.05) is 18.7 Å². The first-order valence-electron chi connectivity index (χ1n) is 6.42. The number of anilines is 1. The van der Waals surface area contributed by atoms with Gasteiger partial charge in [-0.25, -0.2) is 0 Å². The van der Waals surface area contributed by atoms with Crippen molar-refractivity contribution in [3.05, 3.63) is 5.89 Å². The zero-order valence-corrected chi connectivity index (χ0v) is 11.9. The Morgan fingerprint density at radius 1 is 1.33 bits per heavy atom. The van der Waals surface area contributed by atoms with E-state index in [0.29, 0.717) is 24.6 Å². The number of hydrogen-bond donors (Lipinski definition) is 1. The summed E-state index contributed by atoms with van der Waals surface area (Å²) in [7, 11) is 1.69. The van der Waals surface area contributed by atoms with Gasteiger partial charge in [0.25, 0.3) is 0 Å². The summed E-state index contributed by atoms with van der Waals surface area (Å²) in [5, 5.41) is 11.4. The monoisotopic (exact) mass is 256 g/mol. The van der Waals surface area contributed by atoms with Gasteiger partial charge >= 0.3 is 6.01 Å². The topological polar surface area (TPSA) is 63.4 Å². The highest BCUT2D eigenvalue weighted by atomic mass is 16.5. The molecule has 0 amide bonds. The Balaban J connectivity index is 2.74. The van der Waals surface area contributed by atoms with Gasteiger partial charge in [-0.2, -0.15) is 0 Å². The third-order valence-corrected chi connectivity index (χ3v) is 2.72. The quantitative estimate of drug-likeness (QED) is 0.762. The fourth-order valence-corrected chi connectivity index (χ4v) is 1.68. The normalized spacial score (nSPS) is 13.0. The Morgan fingerprint density at radius 3 is 2.61 bits per heavy atom. The lowest BCUT2D eigenvalue weighted by atomic mass is 10.3. The summed E-state index contributed by atoms with van der Waals surface area (Å²) in [5.41, 5.74) is 0. The molecule has 0 bridgehead atoms. The predicted octanol–water partition coefficient (Wildman–Crippen LogP) is 1.60. The molecule has 0 aromatic carbocycles. The van der Waals surface area contributed by atoms with Crippen molar-refractivity contribution in [3.8, 4) is 0 Å². The van der Waals surface area contributed by atoms with E-state index >= 15 is 0 Å². The summed E-state index contributed by atoms with van der Waals surface area (Å²) in [6.45, 7) is 10.5. The minimum absolute atomic E-state index is 0.0766. The Bertz CT molecular complexity index is 341. The van der Waals surface area contributed by atoms with E-state index in [2.05, 4.69) is 29.4 Å². The van der Waals surface area contributed by atoms with Crippen molar-refractivity contribution in [2.24, 2.45) is 0 Å². The van der Waals surface area contributed by atoms with E-state index in [4.69, 9.17) is 9.15 Å². The largest absolute Gasteiger partial charge is 0.406 e. The molecule has 0 aliphatic heterocycles. The van der Waals surface area contributed by atoms with E-state index in [9.17, 15) is 0 Å². The zero-order chi connectivity index (χ0) is 13.5. The maximum atomic E-state index is 5.70. The lowest BCUT2D eigenvalue weighted by molar-refractivity contribution is 0.202. The number of ether oxygens (including phenoxy) is 1. The van der Waals surface area contributed by atoms with Crippen molar-refractivity contribution in [2.45, 2.75) is 39.8 Å². The van der Waals surface area contributed by atoms with Crippen LogP contribution in [0.5, 0.6) is 0 Å². The van der Waals surface area contributed by atoms with Gasteiger partial charge in [0.1, 0.15) is 0 Å². The van der Waals surface area contributed by atoms with Crippen molar-refractivity contribution in [1.29, 1.82) is 0 Å². The van der Waals surface area contributed by atoms with Crippen LogP contribution in [0.3, 0.4) is 0 Å². The summed E-state index contributed by atoms with van der Waals surface area (Å²) in [6, 6.07) is 0.928. The molecule has 1 N–H and O–H groups in total. The maximum Gasteiger partial charge on any atom is 0.318 e. The fourth-order valence-electron chi connectivity index (χ4n) is 1.68. The zero-order valence-electron chi connectivity index (χ0n) is 11.9. The minimum Gasteiger partial charge on any atom is -0.406 e. The summed E-state index contributed by atoms with van der Waals surface area (Å²) in [5.74, 6) is 0.620. The molecule has 6 nitrogen and oxygen atoms in total. The van der Waals surface area contributed by atoms with E-state index in [0.717, 1.165) is 13.1 Å². The van der Waals surface area contributed by atoms with Crippen molar-refractivity contribution in [1.82, 2.24) is 15.5 Å². The van der Waals surface area contributed by atoms with Crippen molar-refractivity contribution < 1.29 is 9.15 Å². The summed E-state index contributed by atoms with van der Waals surface area (Å²) in [4.78, 5) is 2.04. The lowest BCUT2D eigenvalue weighted by Gasteiger charge is -2.23. The smallest absolute Gasteiger partial charge is 0.318 e. The van der Waals surface area contributed by atoms with Gasteiger partial charge in [0.2, 0.25) is 5.89 Å². The van der Waals surface area contributed by atoms with Gasteiger partial charge in [0.15, 0.2) is 0 Å². The third-order valence-electron chi connectivity index (χ3n) is 2.72. The average molecular weight is 256 g/mol. The number of rotatable bonds is 8. The van der Waals surface area contributed by atoms with Gasteiger partial charge in [0.05, 0.1) is 12.6 Å². The lowest BCUT2D eigenvalue weighted by Crippen LogP contribution is -2.34. The number of aromatic nitrogens is 2. The second-order valence-corrected chi connectivity index (χ2v) is 4.48. The van der Waals surface area contributed by atoms with Crippen molar-refractivity contribution in [3.63, 3.8) is 0 Å². The molecule has 0 radical (unpaired) electrons. The Morgan fingerprint density at radius 2 is 2.06 bits per heavy atom. The van der Waals surface area contributed by atoms with Gasteiger partial charge < -0.3 is 19.4 Å². The number of hydrogen-bond acceptors (Lipinski definition) is 6. The van der Waals surface area contributed by atoms with Crippen LogP contribution in [-0.4, -0.2) is 43.0 Å². The van der Waals surface area contributed by atoms with Crippen LogP contribution < -0.4 is 10.2 Å². The molecule has 1 heterocycles. The van der Waals surface area contributed by atoms with E-state index in [-0.39, 0.29) is 6.04 Å². The molecular formula is C12H24N4O2. The maximum absolute atomic E-state index is 5.70. The molecule has 18 heavy (non-hydrogen) atoms. The second-order valence-electron chi connectivity index (χ2n) is 4.48. The highest BCUT2D eigenvalue weighted by Gasteiger charge is 2.19. The molecule has 1 unspecified atom stereocenters. The highest BCUT2D eigenvalue weighted by Crippen LogP contribution is 2.18. The first-order valence-corrected chi connectivity index (χ1v) is 6.42. The van der Waals surface area contributed by atoms with Crippen molar-refractivity contribution >= 4 is 6.01 Å². The Kier molecular flexibility index (Phi) is 6.07. The van der Waals surface area contributed by atoms with E-state index in [1.54, 1.807) is 7.11 Å². The van der Waals surface area contributed by atoms with Gasteiger partial charge in [-0.3, -0.25) is 0 Å². The molecule has 6 heteroatoms. The molecule has 0 aliphatic carbocycles. The van der Waals surface area contributed by atoms with Gasteiger partial charge in [0, 0.05) is 19.7 Å². The molecule has 0 spiro atoms. The number of nitrogens with zero attached hydrogens (tertiary/aromatic N) is 3. The number of methoxy groups -OCH3 is 1. The van der Waals surface area contributed by atoms with E-state index < -0.39 is 0 Å². The van der Waals surface area contributed by atoms with Crippen LogP contribution in [0.2, 0.25) is 0 Å². The molecule has 1 atom stereocenters. The molecular weight excluding hydrogens is 232 g/mol.